The van der Waals surface area contributed by atoms with Crippen LogP contribution in [0.15, 0.2) is 36.7 Å². The van der Waals surface area contributed by atoms with Crippen molar-refractivity contribution >= 4 is 11.8 Å². The van der Waals surface area contributed by atoms with Crippen LogP contribution in [-0.4, -0.2) is 66.7 Å². The number of aromatic amines is 1. The summed E-state index contributed by atoms with van der Waals surface area (Å²) in [4.78, 5) is 26.8. The second-order valence-electron chi connectivity index (χ2n) is 8.06. The molecule has 2 aromatic heterocycles. The molecule has 3 heterocycles. The Morgan fingerprint density at radius 1 is 1.28 bits per heavy atom. The van der Waals surface area contributed by atoms with Crippen molar-refractivity contribution < 1.29 is 18.4 Å². The van der Waals surface area contributed by atoms with Crippen molar-refractivity contribution in [3.05, 3.63) is 53.7 Å². The molecule has 1 aliphatic heterocycles. The molecule has 0 bridgehead atoms. The van der Waals surface area contributed by atoms with Crippen molar-refractivity contribution in [2.75, 3.05) is 6.54 Å². The quantitative estimate of drug-likeness (QED) is 0.607. The molecule has 0 radical (unpaired) electrons. The number of halogens is 2. The zero-order valence-corrected chi connectivity index (χ0v) is 17.6. The van der Waals surface area contributed by atoms with Gasteiger partial charge >= 0.3 is 0 Å². The molecule has 1 fully saturated rings. The molecular weight excluding hydrogens is 420 g/mol. The maximum atomic E-state index is 14.3. The monoisotopic (exact) mass is 443 g/mol. The highest BCUT2D eigenvalue weighted by molar-refractivity contribution is 6.00. The lowest BCUT2D eigenvalue weighted by Gasteiger charge is -2.24. The van der Waals surface area contributed by atoms with E-state index in [-0.39, 0.29) is 48.6 Å². The fraction of sp³-hybridized carbons (Fsp3) is 0.381. The molecule has 0 saturated carbocycles. The highest BCUT2D eigenvalue weighted by Crippen LogP contribution is 2.28. The summed E-state index contributed by atoms with van der Waals surface area (Å²) in [6, 6.07) is 5.14. The lowest BCUT2D eigenvalue weighted by Crippen LogP contribution is -2.38. The predicted molar refractivity (Wildman–Crippen MR) is 111 cm³/mol. The molecule has 1 aliphatic rings. The van der Waals surface area contributed by atoms with Gasteiger partial charge in [-0.2, -0.15) is 5.10 Å². The Morgan fingerprint density at radius 3 is 2.75 bits per heavy atom. The molecule has 32 heavy (non-hydrogen) atoms. The number of rotatable bonds is 6. The Kier molecular flexibility index (Phi) is 5.97. The second-order valence-corrected chi connectivity index (χ2v) is 8.06. The normalized spacial score (nSPS) is 18.3. The van der Waals surface area contributed by atoms with Crippen LogP contribution in [0, 0.1) is 5.82 Å². The zero-order chi connectivity index (χ0) is 22.8. The smallest absolute Gasteiger partial charge is 0.273 e. The lowest BCUT2D eigenvalue weighted by atomic mass is 10.1. The second kappa shape index (κ2) is 8.85. The van der Waals surface area contributed by atoms with Crippen LogP contribution >= 0.6 is 0 Å². The minimum atomic E-state index is -1.18. The van der Waals surface area contributed by atoms with Gasteiger partial charge in [-0.05, 0) is 38.1 Å². The first kappa shape index (κ1) is 21.6. The zero-order valence-electron chi connectivity index (χ0n) is 17.6. The molecule has 11 heteroatoms. The fourth-order valence-electron chi connectivity index (χ4n) is 3.76. The van der Waals surface area contributed by atoms with E-state index in [0.29, 0.717) is 11.3 Å². The van der Waals surface area contributed by atoms with Crippen molar-refractivity contribution in [2.24, 2.45) is 0 Å². The van der Waals surface area contributed by atoms with Crippen LogP contribution in [0.2, 0.25) is 0 Å². The van der Waals surface area contributed by atoms with Crippen LogP contribution in [0.5, 0.6) is 0 Å². The molecule has 168 valence electrons. The van der Waals surface area contributed by atoms with Crippen molar-refractivity contribution in [2.45, 2.75) is 45.1 Å². The van der Waals surface area contributed by atoms with E-state index in [9.17, 15) is 18.4 Å². The SMILES string of the molecule is CC(C)NC(=O)c1cn(C[C@@H]2C[C@H](F)CN2C(=O)c2cn[nH]c2-c2ccc(F)cc2)nn1. The van der Waals surface area contributed by atoms with E-state index in [0.717, 1.165) is 0 Å². The molecule has 2 atom stereocenters. The highest BCUT2D eigenvalue weighted by Gasteiger charge is 2.37. The number of benzene rings is 1. The summed E-state index contributed by atoms with van der Waals surface area (Å²) in [5, 5.41) is 17.3. The summed E-state index contributed by atoms with van der Waals surface area (Å²) >= 11 is 0. The summed E-state index contributed by atoms with van der Waals surface area (Å²) in [6.07, 6.45) is 1.82. The lowest BCUT2D eigenvalue weighted by molar-refractivity contribution is 0.0715. The maximum absolute atomic E-state index is 14.3. The number of H-pyrrole nitrogens is 1. The topological polar surface area (TPSA) is 109 Å². The molecule has 3 aromatic rings. The van der Waals surface area contributed by atoms with Gasteiger partial charge in [-0.15, -0.1) is 5.10 Å². The third-order valence-corrected chi connectivity index (χ3v) is 5.22. The molecule has 4 rings (SSSR count). The van der Waals surface area contributed by atoms with Crippen LogP contribution in [0.4, 0.5) is 8.78 Å². The Bertz CT molecular complexity index is 1110. The van der Waals surface area contributed by atoms with Gasteiger partial charge in [0.1, 0.15) is 12.0 Å². The van der Waals surface area contributed by atoms with Gasteiger partial charge in [0.15, 0.2) is 5.69 Å². The molecule has 2 amide bonds. The Labute approximate surface area is 182 Å². The number of nitrogens with one attached hydrogen (secondary N) is 2. The van der Waals surface area contributed by atoms with E-state index in [2.05, 4.69) is 25.8 Å². The van der Waals surface area contributed by atoms with Gasteiger partial charge in [-0.3, -0.25) is 14.7 Å². The molecule has 0 spiro atoms. The Balaban J connectivity index is 1.52. The van der Waals surface area contributed by atoms with Gasteiger partial charge in [0.25, 0.3) is 11.8 Å². The van der Waals surface area contributed by atoms with Crippen molar-refractivity contribution in [1.82, 2.24) is 35.4 Å². The number of carbonyl (C=O) groups is 2. The maximum Gasteiger partial charge on any atom is 0.273 e. The van der Waals surface area contributed by atoms with Gasteiger partial charge < -0.3 is 10.2 Å². The summed E-state index contributed by atoms with van der Waals surface area (Å²) in [5.41, 5.74) is 1.45. The minimum Gasteiger partial charge on any atom is -0.348 e. The molecule has 1 saturated heterocycles. The van der Waals surface area contributed by atoms with E-state index in [1.54, 1.807) is 0 Å². The van der Waals surface area contributed by atoms with E-state index < -0.39 is 18.0 Å². The van der Waals surface area contributed by atoms with Crippen LogP contribution in [0.25, 0.3) is 11.3 Å². The summed E-state index contributed by atoms with van der Waals surface area (Å²) in [6.45, 7) is 3.80. The van der Waals surface area contributed by atoms with Gasteiger partial charge in [0.2, 0.25) is 0 Å². The van der Waals surface area contributed by atoms with Crippen LogP contribution < -0.4 is 5.32 Å². The fourth-order valence-corrected chi connectivity index (χ4v) is 3.76. The van der Waals surface area contributed by atoms with E-state index >= 15 is 0 Å². The first-order chi connectivity index (χ1) is 15.3. The molecule has 0 aliphatic carbocycles. The van der Waals surface area contributed by atoms with Crippen LogP contribution in [0.1, 0.15) is 41.1 Å². The Morgan fingerprint density at radius 2 is 2.03 bits per heavy atom. The Hall–Kier alpha value is -3.63. The molecule has 2 N–H and O–H groups in total. The molecule has 0 unspecified atom stereocenters. The number of amides is 2. The van der Waals surface area contributed by atoms with E-state index in [1.165, 1.54) is 46.2 Å². The number of hydrogen-bond acceptors (Lipinski definition) is 5. The van der Waals surface area contributed by atoms with Gasteiger partial charge in [-0.25, -0.2) is 13.5 Å². The number of alkyl halides is 1. The average Bonchev–Trinajstić information content (AvgIpc) is 3.48. The number of likely N-dealkylation sites (tertiary alicyclic amines) is 1. The first-order valence-corrected chi connectivity index (χ1v) is 10.3. The predicted octanol–water partition coefficient (Wildman–Crippen LogP) is 2.20. The largest absolute Gasteiger partial charge is 0.348 e. The summed E-state index contributed by atoms with van der Waals surface area (Å²) < 4.78 is 29.0. The van der Waals surface area contributed by atoms with E-state index in [1.807, 2.05) is 13.8 Å². The number of nitrogens with zero attached hydrogens (tertiary/aromatic N) is 5. The number of hydrogen-bond donors (Lipinski definition) is 2. The summed E-state index contributed by atoms with van der Waals surface area (Å²) in [5.74, 6) is -1.13. The third kappa shape index (κ3) is 4.51. The van der Waals surface area contributed by atoms with Crippen LogP contribution in [-0.2, 0) is 6.54 Å². The van der Waals surface area contributed by atoms with Crippen molar-refractivity contribution in [3.63, 3.8) is 0 Å². The number of aromatic nitrogens is 5. The van der Waals surface area contributed by atoms with Crippen LogP contribution in [0.3, 0.4) is 0 Å². The molecular formula is C21H23F2N7O2. The van der Waals surface area contributed by atoms with Crippen molar-refractivity contribution in [3.8, 4) is 11.3 Å². The van der Waals surface area contributed by atoms with Gasteiger partial charge in [-0.1, -0.05) is 5.21 Å². The standard InChI is InChI=1S/C21H23F2N7O2/c1-12(2)25-20(31)18-11-29(28-26-18)10-16-7-15(23)9-30(16)21(32)17-8-24-27-19(17)13-3-5-14(22)6-4-13/h3-6,8,11-12,15-16H,7,9-10H2,1-2H3,(H,24,27)(H,25,31)/t15-,16-/m0/s1. The summed E-state index contributed by atoms with van der Waals surface area (Å²) in [7, 11) is 0. The average molecular weight is 443 g/mol. The van der Waals surface area contributed by atoms with Gasteiger partial charge in [0, 0.05) is 18.0 Å². The molecule has 1 aromatic carbocycles. The van der Waals surface area contributed by atoms with Gasteiger partial charge in [0.05, 0.1) is 42.8 Å². The highest BCUT2D eigenvalue weighted by atomic mass is 19.1. The number of carbonyl (C=O) groups excluding carboxylic acids is 2. The van der Waals surface area contributed by atoms with Crippen molar-refractivity contribution in [1.29, 1.82) is 0 Å². The van der Waals surface area contributed by atoms with E-state index in [4.69, 9.17) is 0 Å². The third-order valence-electron chi connectivity index (χ3n) is 5.22. The first-order valence-electron chi connectivity index (χ1n) is 10.3. The molecule has 9 nitrogen and oxygen atoms in total. The minimum absolute atomic E-state index is 0.0480.